The highest BCUT2D eigenvalue weighted by molar-refractivity contribution is 7.80. The predicted octanol–water partition coefficient (Wildman–Crippen LogP) is 2.32. The molecular formula is C13H19NO2S. The van der Waals surface area contributed by atoms with Crippen LogP contribution in [0.1, 0.15) is 18.4 Å². The summed E-state index contributed by atoms with van der Waals surface area (Å²) in [7, 11) is 1.71. The Balaban J connectivity index is 2.27. The van der Waals surface area contributed by atoms with Crippen molar-refractivity contribution in [1.82, 2.24) is 0 Å². The Bertz CT molecular complexity index is 338. The Morgan fingerprint density at radius 2 is 1.94 bits per heavy atom. The fraction of sp³-hybridized carbons (Fsp3) is 0.462. The van der Waals surface area contributed by atoms with Gasteiger partial charge in [0, 0.05) is 13.5 Å². The third-order valence-electron chi connectivity index (χ3n) is 2.35. The molecule has 0 saturated carbocycles. The molecular weight excluding hydrogens is 234 g/mol. The number of hydrogen-bond acceptors (Lipinski definition) is 3. The molecule has 1 aromatic rings. The van der Waals surface area contributed by atoms with E-state index in [9.17, 15) is 0 Å². The van der Waals surface area contributed by atoms with Gasteiger partial charge >= 0.3 is 0 Å². The van der Waals surface area contributed by atoms with Gasteiger partial charge in [0.25, 0.3) is 0 Å². The lowest BCUT2D eigenvalue weighted by Gasteiger charge is -2.06. The molecule has 0 saturated heterocycles. The van der Waals surface area contributed by atoms with Gasteiger partial charge in [-0.15, -0.1) is 0 Å². The number of ether oxygens (including phenoxy) is 2. The second-order valence-electron chi connectivity index (χ2n) is 3.81. The Kier molecular flexibility index (Phi) is 6.58. The summed E-state index contributed by atoms with van der Waals surface area (Å²) in [6.45, 7) is 1.39. The number of methoxy groups -OCH3 is 1. The Labute approximate surface area is 108 Å². The summed E-state index contributed by atoms with van der Waals surface area (Å²) in [5.74, 6) is 0.883. The molecule has 0 aromatic heterocycles. The van der Waals surface area contributed by atoms with Gasteiger partial charge in [-0.1, -0.05) is 24.4 Å². The molecule has 2 N–H and O–H groups in total. The highest BCUT2D eigenvalue weighted by Gasteiger charge is 1.96. The first-order valence-electron chi connectivity index (χ1n) is 5.71. The fourth-order valence-corrected chi connectivity index (χ4v) is 1.55. The molecule has 0 unspecified atom stereocenters. The van der Waals surface area contributed by atoms with E-state index in [2.05, 4.69) is 12.1 Å². The molecule has 0 heterocycles. The van der Waals surface area contributed by atoms with E-state index in [4.69, 9.17) is 27.4 Å². The van der Waals surface area contributed by atoms with Crippen LogP contribution in [0.25, 0.3) is 0 Å². The van der Waals surface area contributed by atoms with Gasteiger partial charge in [0.2, 0.25) is 0 Å². The number of rotatable bonds is 8. The average Bonchev–Trinajstić information content (AvgIpc) is 2.33. The van der Waals surface area contributed by atoms with Crippen molar-refractivity contribution in [2.45, 2.75) is 19.3 Å². The summed E-state index contributed by atoms with van der Waals surface area (Å²) in [6, 6.07) is 8.07. The van der Waals surface area contributed by atoms with Crippen molar-refractivity contribution in [2.75, 3.05) is 20.3 Å². The minimum atomic E-state index is 0.545. The van der Waals surface area contributed by atoms with Crippen molar-refractivity contribution in [3.63, 3.8) is 0 Å². The van der Waals surface area contributed by atoms with Crippen LogP contribution in [0.3, 0.4) is 0 Å². The first-order chi connectivity index (χ1) is 8.22. The summed E-state index contributed by atoms with van der Waals surface area (Å²) < 4.78 is 10.6. The van der Waals surface area contributed by atoms with Crippen molar-refractivity contribution in [3.05, 3.63) is 29.8 Å². The summed E-state index contributed by atoms with van der Waals surface area (Å²) in [5, 5.41) is 0. The van der Waals surface area contributed by atoms with Gasteiger partial charge in [0.15, 0.2) is 0 Å². The van der Waals surface area contributed by atoms with Gasteiger partial charge in [-0.3, -0.25) is 0 Å². The first kappa shape index (κ1) is 13.9. The van der Waals surface area contributed by atoms with E-state index < -0.39 is 0 Å². The van der Waals surface area contributed by atoms with Gasteiger partial charge in [-0.25, -0.2) is 0 Å². The van der Waals surface area contributed by atoms with Crippen LogP contribution in [-0.2, 0) is 11.2 Å². The number of hydrogen-bond donors (Lipinski definition) is 1. The smallest absolute Gasteiger partial charge is 0.119 e. The van der Waals surface area contributed by atoms with E-state index in [-0.39, 0.29) is 0 Å². The number of benzene rings is 1. The Morgan fingerprint density at radius 3 is 2.53 bits per heavy atom. The molecule has 0 aliphatic carbocycles. The van der Waals surface area contributed by atoms with Gasteiger partial charge in [-0.2, -0.15) is 0 Å². The summed E-state index contributed by atoms with van der Waals surface area (Å²) >= 11 is 4.79. The average molecular weight is 253 g/mol. The largest absolute Gasteiger partial charge is 0.494 e. The van der Waals surface area contributed by atoms with Crippen molar-refractivity contribution in [1.29, 1.82) is 0 Å². The molecule has 3 nitrogen and oxygen atoms in total. The molecule has 1 aromatic carbocycles. The highest BCUT2D eigenvalue weighted by atomic mass is 32.1. The predicted molar refractivity (Wildman–Crippen MR) is 73.5 cm³/mol. The van der Waals surface area contributed by atoms with Crippen LogP contribution in [0.4, 0.5) is 0 Å². The lowest BCUT2D eigenvalue weighted by atomic mass is 10.1. The van der Waals surface area contributed by atoms with Crippen molar-refractivity contribution >= 4 is 17.2 Å². The summed E-state index contributed by atoms with van der Waals surface area (Å²) in [6.07, 6.45) is 2.53. The molecule has 4 heteroatoms. The molecule has 0 amide bonds. The van der Waals surface area contributed by atoms with Crippen molar-refractivity contribution in [3.8, 4) is 5.75 Å². The van der Waals surface area contributed by atoms with E-state index in [1.54, 1.807) is 7.11 Å². The van der Waals surface area contributed by atoms with Gasteiger partial charge < -0.3 is 15.2 Å². The molecule has 17 heavy (non-hydrogen) atoms. The van der Waals surface area contributed by atoms with Crippen molar-refractivity contribution < 1.29 is 9.47 Å². The molecule has 94 valence electrons. The normalized spacial score (nSPS) is 10.2. The van der Waals surface area contributed by atoms with Crippen LogP contribution in [-0.4, -0.2) is 25.3 Å². The quantitative estimate of drug-likeness (QED) is 0.570. The lowest BCUT2D eigenvalue weighted by Crippen LogP contribution is -2.09. The number of thiocarbonyl (C=S) groups is 1. The van der Waals surface area contributed by atoms with E-state index in [1.165, 1.54) is 5.56 Å². The molecule has 1 rings (SSSR count). The van der Waals surface area contributed by atoms with E-state index >= 15 is 0 Å². The van der Waals surface area contributed by atoms with Gasteiger partial charge in [0.05, 0.1) is 18.2 Å². The van der Waals surface area contributed by atoms with Gasteiger partial charge in [-0.05, 0) is 30.5 Å². The maximum atomic E-state index is 5.57. The zero-order valence-electron chi connectivity index (χ0n) is 10.1. The molecule has 0 radical (unpaired) electrons. The molecule has 0 atom stereocenters. The van der Waals surface area contributed by atoms with Crippen LogP contribution in [0, 0.1) is 0 Å². The van der Waals surface area contributed by atoms with E-state index in [0.717, 1.165) is 31.6 Å². The lowest BCUT2D eigenvalue weighted by molar-refractivity contribution is 0.202. The summed E-state index contributed by atoms with van der Waals surface area (Å²) in [4.78, 5) is 0.545. The monoisotopic (exact) mass is 253 g/mol. The van der Waals surface area contributed by atoms with Gasteiger partial charge in [0.1, 0.15) is 5.75 Å². The maximum absolute atomic E-state index is 5.57. The van der Waals surface area contributed by atoms with Crippen molar-refractivity contribution in [2.24, 2.45) is 5.73 Å². The zero-order chi connectivity index (χ0) is 12.5. The minimum absolute atomic E-state index is 0.545. The molecule has 0 fully saturated rings. The van der Waals surface area contributed by atoms with Crippen LogP contribution in [0.15, 0.2) is 24.3 Å². The van der Waals surface area contributed by atoms with Crippen LogP contribution in [0.5, 0.6) is 5.75 Å². The molecule has 0 spiro atoms. The molecule has 0 bridgehead atoms. The standard InChI is InChI=1S/C13H19NO2S/c1-15-10-8-11-4-6-12(7-5-11)16-9-2-3-13(14)17/h4-7H,2-3,8-10H2,1H3,(H2,14,17). The Hall–Kier alpha value is -1.13. The van der Waals surface area contributed by atoms with Crippen LogP contribution >= 0.6 is 12.2 Å². The van der Waals surface area contributed by atoms with Crippen LogP contribution in [0.2, 0.25) is 0 Å². The molecule has 0 aliphatic rings. The minimum Gasteiger partial charge on any atom is -0.494 e. The second-order valence-corrected chi connectivity index (χ2v) is 4.33. The maximum Gasteiger partial charge on any atom is 0.119 e. The topological polar surface area (TPSA) is 44.5 Å². The number of nitrogens with two attached hydrogens (primary N) is 1. The van der Waals surface area contributed by atoms with E-state index in [0.29, 0.717) is 11.6 Å². The van der Waals surface area contributed by atoms with Crippen LogP contribution < -0.4 is 10.5 Å². The van der Waals surface area contributed by atoms with E-state index in [1.807, 2.05) is 12.1 Å². The first-order valence-corrected chi connectivity index (χ1v) is 6.12. The third kappa shape index (κ3) is 6.24. The highest BCUT2D eigenvalue weighted by Crippen LogP contribution is 2.13. The molecule has 0 aliphatic heterocycles. The second kappa shape index (κ2) is 8.03. The third-order valence-corrected chi connectivity index (χ3v) is 2.56. The fourth-order valence-electron chi connectivity index (χ4n) is 1.41. The zero-order valence-corrected chi connectivity index (χ0v) is 11.0. The SMILES string of the molecule is COCCc1ccc(OCCCC(N)=S)cc1. The summed E-state index contributed by atoms with van der Waals surface area (Å²) in [5.41, 5.74) is 6.65. The Morgan fingerprint density at radius 1 is 1.24 bits per heavy atom.